The Morgan fingerprint density at radius 1 is 1.71 bits per heavy atom. The lowest BCUT2D eigenvalue weighted by Crippen LogP contribution is -2.68. The van der Waals surface area contributed by atoms with E-state index in [2.05, 4.69) is 12.6 Å². The molecule has 2 heterocycles. The maximum atomic E-state index is 11.4. The van der Waals surface area contributed by atoms with Gasteiger partial charge in [0.25, 0.3) is 0 Å². The first-order valence-electron chi connectivity index (χ1n) is 4.17. The van der Waals surface area contributed by atoms with Crippen molar-refractivity contribution in [1.82, 2.24) is 4.90 Å². The number of hydrogen-bond acceptors (Lipinski definition) is 4. The Morgan fingerprint density at radius 2 is 2.36 bits per heavy atom. The highest BCUT2D eigenvalue weighted by Crippen LogP contribution is 2.39. The molecule has 14 heavy (non-hydrogen) atoms. The molecule has 0 saturated carbocycles. The summed E-state index contributed by atoms with van der Waals surface area (Å²) in [6.45, 7) is 1.84. The minimum Gasteiger partial charge on any atom is -0.317 e. The van der Waals surface area contributed by atoms with Crippen LogP contribution in [-0.4, -0.2) is 33.1 Å². The summed E-state index contributed by atoms with van der Waals surface area (Å²) < 4.78 is 0. The van der Waals surface area contributed by atoms with E-state index in [0.29, 0.717) is 5.70 Å². The van der Waals surface area contributed by atoms with Crippen molar-refractivity contribution in [2.45, 2.75) is 18.3 Å². The molecular formula is C8H10N2O2S2. The smallest absolute Gasteiger partial charge is 0.248 e. The molecule has 1 amide bonds. The highest BCUT2D eigenvalue weighted by molar-refractivity contribution is 8.00. The van der Waals surface area contributed by atoms with Gasteiger partial charge in [-0.3, -0.25) is 14.5 Å². The van der Waals surface area contributed by atoms with Gasteiger partial charge in [-0.1, -0.05) is 12.6 Å². The molecular weight excluding hydrogens is 220 g/mol. The van der Waals surface area contributed by atoms with Crippen LogP contribution < -0.4 is 5.73 Å². The van der Waals surface area contributed by atoms with Gasteiger partial charge in [-0.15, -0.1) is 11.8 Å². The third-order valence-corrected chi connectivity index (χ3v) is 4.06. The Morgan fingerprint density at radius 3 is 2.93 bits per heavy atom. The fourth-order valence-corrected chi connectivity index (χ4v) is 3.21. The molecule has 2 aliphatic rings. The fraction of sp³-hybridized carbons (Fsp3) is 0.500. The summed E-state index contributed by atoms with van der Waals surface area (Å²) in [7, 11) is 0. The topological polar surface area (TPSA) is 63.4 Å². The Hall–Kier alpha value is -0.460. The van der Waals surface area contributed by atoms with Crippen molar-refractivity contribution >= 4 is 35.4 Å². The average Bonchev–Trinajstić information content (AvgIpc) is 2.15. The average molecular weight is 230 g/mol. The molecule has 0 radical (unpaired) electrons. The minimum absolute atomic E-state index is 0.0719. The third kappa shape index (κ3) is 1.21. The molecule has 0 spiro atoms. The van der Waals surface area contributed by atoms with Crippen molar-refractivity contribution in [2.24, 2.45) is 5.73 Å². The summed E-state index contributed by atoms with van der Waals surface area (Å²) in [4.78, 5) is 24.1. The lowest BCUT2D eigenvalue weighted by Gasteiger charge is -2.48. The first-order valence-corrected chi connectivity index (χ1v) is 5.67. The second-order valence-corrected chi connectivity index (χ2v) is 4.88. The maximum Gasteiger partial charge on any atom is 0.248 e. The van der Waals surface area contributed by atoms with E-state index in [9.17, 15) is 9.59 Å². The molecule has 2 N–H and O–H groups in total. The van der Waals surface area contributed by atoms with Crippen LogP contribution in [0, 0.1) is 0 Å². The van der Waals surface area contributed by atoms with Gasteiger partial charge in [-0.05, 0) is 12.5 Å². The molecule has 4 nitrogen and oxygen atoms in total. The zero-order valence-corrected chi connectivity index (χ0v) is 9.27. The predicted octanol–water partition coefficient (Wildman–Crippen LogP) is -0.0408. The zero-order chi connectivity index (χ0) is 10.5. The van der Waals surface area contributed by atoms with Crippen LogP contribution in [0.2, 0.25) is 0 Å². The molecule has 2 atom stereocenters. The lowest BCUT2D eigenvalue weighted by atomic mass is 10.1. The van der Waals surface area contributed by atoms with Crippen molar-refractivity contribution in [3.63, 3.8) is 0 Å². The Labute approximate surface area is 91.3 Å². The normalized spacial score (nSPS) is 31.4. The number of hydrogen-bond donors (Lipinski definition) is 2. The monoisotopic (exact) mass is 230 g/mol. The maximum absolute atomic E-state index is 11.4. The van der Waals surface area contributed by atoms with Crippen molar-refractivity contribution in [2.75, 3.05) is 5.75 Å². The molecule has 0 unspecified atom stereocenters. The number of carbonyl (C=O) groups excluding carboxylic acids is 2. The second-order valence-electron chi connectivity index (χ2n) is 3.37. The highest BCUT2D eigenvalue weighted by Gasteiger charge is 2.50. The van der Waals surface area contributed by atoms with Crippen LogP contribution in [0.25, 0.3) is 0 Å². The van der Waals surface area contributed by atoms with Gasteiger partial charge in [0.2, 0.25) is 11.0 Å². The van der Waals surface area contributed by atoms with E-state index in [1.807, 2.05) is 6.92 Å². The predicted molar refractivity (Wildman–Crippen MR) is 57.8 cm³/mol. The summed E-state index contributed by atoms with van der Waals surface area (Å²) in [6, 6.07) is -0.462. The molecule has 2 aliphatic heterocycles. The van der Waals surface area contributed by atoms with Crippen LogP contribution in [0.15, 0.2) is 11.3 Å². The lowest BCUT2D eigenvalue weighted by molar-refractivity contribution is -0.142. The minimum atomic E-state index is -0.462. The van der Waals surface area contributed by atoms with Gasteiger partial charge in [-0.25, -0.2) is 0 Å². The Bertz CT molecular complexity index is 353. The molecule has 0 aromatic heterocycles. The number of amides is 1. The van der Waals surface area contributed by atoms with Crippen LogP contribution in [0.5, 0.6) is 0 Å². The summed E-state index contributed by atoms with van der Waals surface area (Å²) >= 11 is 5.35. The Kier molecular flexibility index (Phi) is 2.36. The molecule has 1 fully saturated rings. The molecule has 76 valence electrons. The zero-order valence-electron chi connectivity index (χ0n) is 7.56. The third-order valence-electron chi connectivity index (χ3n) is 2.40. The SMILES string of the molecule is CC1=C(C(=O)S)N2C(=O)[C@@H](N)[C@H]2SC1. The van der Waals surface area contributed by atoms with E-state index in [4.69, 9.17) is 5.73 Å². The van der Waals surface area contributed by atoms with E-state index < -0.39 is 6.04 Å². The van der Waals surface area contributed by atoms with Crippen LogP contribution in [-0.2, 0) is 9.59 Å². The first-order chi connectivity index (χ1) is 6.54. The summed E-state index contributed by atoms with van der Waals surface area (Å²) in [5.74, 6) is 0.558. The number of nitrogens with zero attached hydrogens (tertiary/aromatic N) is 1. The van der Waals surface area contributed by atoms with Crippen molar-refractivity contribution in [1.29, 1.82) is 0 Å². The summed E-state index contributed by atoms with van der Waals surface area (Å²) in [5.41, 5.74) is 6.93. The van der Waals surface area contributed by atoms with E-state index in [-0.39, 0.29) is 16.4 Å². The van der Waals surface area contributed by atoms with Gasteiger partial charge in [0.15, 0.2) is 0 Å². The summed E-state index contributed by atoms with van der Waals surface area (Å²) in [6.07, 6.45) is 0. The van der Waals surface area contributed by atoms with Gasteiger partial charge >= 0.3 is 0 Å². The van der Waals surface area contributed by atoms with Crippen LogP contribution in [0.1, 0.15) is 6.92 Å². The van der Waals surface area contributed by atoms with Gasteiger partial charge in [0.05, 0.1) is 5.70 Å². The number of β-lactam (4-membered cyclic amide) rings is 1. The van der Waals surface area contributed by atoms with Gasteiger partial charge in [-0.2, -0.15) is 0 Å². The van der Waals surface area contributed by atoms with Gasteiger partial charge < -0.3 is 5.73 Å². The van der Waals surface area contributed by atoms with E-state index in [0.717, 1.165) is 11.3 Å². The van der Waals surface area contributed by atoms with Crippen molar-refractivity contribution < 1.29 is 9.59 Å². The molecule has 0 aromatic rings. The molecule has 0 aliphatic carbocycles. The highest BCUT2D eigenvalue weighted by atomic mass is 32.2. The fourth-order valence-electron chi connectivity index (χ4n) is 1.67. The molecule has 0 aromatic carbocycles. The summed E-state index contributed by atoms with van der Waals surface area (Å²) in [5, 5.41) is -0.426. The number of nitrogens with two attached hydrogens (primary N) is 1. The van der Waals surface area contributed by atoms with Crippen LogP contribution >= 0.6 is 24.4 Å². The van der Waals surface area contributed by atoms with E-state index in [1.54, 1.807) is 11.8 Å². The standard InChI is InChI=1S/C8H10N2O2S2/c1-3-2-14-7-4(9)6(11)10(7)5(3)8(12)13/h4,7H,2,9H2,1H3,(H,12,13)/t4-,7-/m1/s1. The van der Waals surface area contributed by atoms with Crippen LogP contribution in [0.4, 0.5) is 0 Å². The van der Waals surface area contributed by atoms with Crippen LogP contribution in [0.3, 0.4) is 0 Å². The van der Waals surface area contributed by atoms with Crippen molar-refractivity contribution in [3.05, 3.63) is 11.3 Å². The molecule has 1 saturated heterocycles. The molecule has 0 bridgehead atoms. The number of thiol groups is 1. The number of fused-ring (bicyclic) bond motifs is 1. The van der Waals surface area contributed by atoms with E-state index in [1.165, 1.54) is 4.90 Å². The molecule has 2 rings (SSSR count). The van der Waals surface area contributed by atoms with Gasteiger partial charge in [0, 0.05) is 5.75 Å². The second kappa shape index (κ2) is 3.29. The number of carbonyl (C=O) groups is 2. The van der Waals surface area contributed by atoms with Gasteiger partial charge in [0.1, 0.15) is 11.4 Å². The number of thioether (sulfide) groups is 1. The molecule has 6 heteroatoms. The Balaban J connectivity index is 2.37. The largest absolute Gasteiger partial charge is 0.317 e. The quantitative estimate of drug-likeness (QED) is 0.490. The first kappa shape index (κ1) is 10.1. The number of rotatable bonds is 1. The van der Waals surface area contributed by atoms with E-state index >= 15 is 0 Å². The van der Waals surface area contributed by atoms with Crippen molar-refractivity contribution in [3.8, 4) is 0 Å².